The standard InChI is InChI=1S/C29H33NO5S/c1-17(2)11-13-33-25-18(3)19(4)26-23(20(25)5)10-12-29(6,35-26)16-34-22-9-7-8-21(14-22)15-24-27(31)30-28(32)36-24/h7-9,11,14-15H,10,12-13,16H2,1-6H3,(H,30,31,32)/b24-15-. The van der Waals surface area contributed by atoms with E-state index in [9.17, 15) is 9.59 Å². The molecule has 1 unspecified atom stereocenters. The summed E-state index contributed by atoms with van der Waals surface area (Å²) in [6.45, 7) is 13.5. The molecule has 2 aromatic rings. The van der Waals surface area contributed by atoms with Crippen LogP contribution in [0.5, 0.6) is 17.2 Å². The minimum Gasteiger partial charge on any atom is -0.489 e. The van der Waals surface area contributed by atoms with E-state index in [2.05, 4.69) is 52.9 Å². The van der Waals surface area contributed by atoms with Crippen LogP contribution in [-0.2, 0) is 11.2 Å². The zero-order valence-electron chi connectivity index (χ0n) is 21.7. The second-order valence-electron chi connectivity index (χ2n) is 9.87. The molecule has 0 bridgehead atoms. The Morgan fingerprint density at radius 3 is 2.61 bits per heavy atom. The third-order valence-electron chi connectivity index (χ3n) is 6.62. The van der Waals surface area contributed by atoms with E-state index in [1.54, 1.807) is 6.08 Å². The van der Waals surface area contributed by atoms with Gasteiger partial charge in [0.15, 0.2) is 0 Å². The van der Waals surface area contributed by atoms with E-state index in [-0.39, 0.29) is 11.1 Å². The summed E-state index contributed by atoms with van der Waals surface area (Å²) in [6, 6.07) is 7.48. The predicted octanol–water partition coefficient (Wildman–Crippen LogP) is 6.44. The third kappa shape index (κ3) is 5.62. The summed E-state index contributed by atoms with van der Waals surface area (Å²) in [6.07, 6.45) is 5.48. The molecule has 6 nitrogen and oxygen atoms in total. The lowest BCUT2D eigenvalue weighted by atomic mass is 9.87. The Balaban J connectivity index is 1.48. The fourth-order valence-electron chi connectivity index (χ4n) is 4.39. The summed E-state index contributed by atoms with van der Waals surface area (Å²) in [5, 5.41) is 1.92. The van der Waals surface area contributed by atoms with Gasteiger partial charge in [0.1, 0.15) is 36.1 Å². The predicted molar refractivity (Wildman–Crippen MR) is 144 cm³/mol. The second kappa shape index (κ2) is 10.4. The summed E-state index contributed by atoms with van der Waals surface area (Å²) in [5.74, 6) is 2.20. The molecule has 2 aliphatic rings. The maximum Gasteiger partial charge on any atom is 0.290 e. The maximum absolute atomic E-state index is 11.8. The lowest BCUT2D eigenvalue weighted by Gasteiger charge is -2.38. The number of nitrogens with one attached hydrogen (secondary N) is 1. The molecule has 1 N–H and O–H groups in total. The molecule has 190 valence electrons. The smallest absolute Gasteiger partial charge is 0.290 e. The Kier molecular flexibility index (Phi) is 7.50. The monoisotopic (exact) mass is 507 g/mol. The van der Waals surface area contributed by atoms with Crippen LogP contribution in [0.4, 0.5) is 4.79 Å². The molecule has 2 heterocycles. The van der Waals surface area contributed by atoms with Crippen molar-refractivity contribution in [3.8, 4) is 17.2 Å². The Labute approximate surface area is 217 Å². The van der Waals surface area contributed by atoms with Gasteiger partial charge in [0.25, 0.3) is 11.1 Å². The lowest BCUT2D eigenvalue weighted by Crippen LogP contribution is -2.42. The summed E-state index contributed by atoms with van der Waals surface area (Å²) in [5.41, 5.74) is 6.10. The van der Waals surface area contributed by atoms with Crippen molar-refractivity contribution < 1.29 is 23.8 Å². The number of imide groups is 1. The minimum atomic E-state index is -0.483. The van der Waals surface area contributed by atoms with Crippen molar-refractivity contribution in [2.75, 3.05) is 13.2 Å². The van der Waals surface area contributed by atoms with Crippen LogP contribution in [-0.4, -0.2) is 30.0 Å². The van der Waals surface area contributed by atoms with Crippen LogP contribution < -0.4 is 19.5 Å². The zero-order chi connectivity index (χ0) is 26.0. The first-order valence-electron chi connectivity index (χ1n) is 12.1. The Morgan fingerprint density at radius 1 is 1.14 bits per heavy atom. The van der Waals surface area contributed by atoms with Gasteiger partial charge in [-0.3, -0.25) is 14.9 Å². The number of fused-ring (bicyclic) bond motifs is 1. The number of amides is 2. The van der Waals surface area contributed by atoms with Crippen molar-refractivity contribution in [1.82, 2.24) is 5.32 Å². The molecule has 0 spiro atoms. The molecule has 2 amide bonds. The van der Waals surface area contributed by atoms with Gasteiger partial charge in [0, 0.05) is 5.56 Å². The van der Waals surface area contributed by atoms with Crippen LogP contribution in [0.25, 0.3) is 6.08 Å². The van der Waals surface area contributed by atoms with Crippen molar-refractivity contribution in [3.05, 3.63) is 68.6 Å². The number of carbonyl (C=O) groups is 2. The van der Waals surface area contributed by atoms with Crippen molar-refractivity contribution in [2.45, 2.75) is 60.0 Å². The van der Waals surface area contributed by atoms with Gasteiger partial charge in [-0.1, -0.05) is 17.7 Å². The van der Waals surface area contributed by atoms with E-state index in [1.165, 1.54) is 11.1 Å². The highest BCUT2D eigenvalue weighted by Gasteiger charge is 2.35. The zero-order valence-corrected chi connectivity index (χ0v) is 22.6. The molecule has 1 atom stereocenters. The fourth-order valence-corrected chi connectivity index (χ4v) is 5.08. The number of thioether (sulfide) groups is 1. The highest BCUT2D eigenvalue weighted by Crippen LogP contribution is 2.44. The molecule has 0 aliphatic carbocycles. The van der Waals surface area contributed by atoms with Gasteiger partial charge in [-0.05, 0) is 113 Å². The van der Waals surface area contributed by atoms with E-state index in [4.69, 9.17) is 14.2 Å². The molecule has 0 aromatic heterocycles. The van der Waals surface area contributed by atoms with Crippen LogP contribution in [0.1, 0.15) is 55.0 Å². The lowest BCUT2D eigenvalue weighted by molar-refractivity contribution is -0.115. The molecular formula is C29H33NO5S. The van der Waals surface area contributed by atoms with Crippen molar-refractivity contribution in [1.29, 1.82) is 0 Å². The fraction of sp³-hybridized carbons (Fsp3) is 0.379. The van der Waals surface area contributed by atoms with Gasteiger partial charge in [-0.2, -0.15) is 0 Å². The summed E-state index contributed by atoms with van der Waals surface area (Å²) < 4.78 is 18.9. The van der Waals surface area contributed by atoms with Gasteiger partial charge in [-0.15, -0.1) is 0 Å². The number of hydrogen-bond donors (Lipinski definition) is 1. The number of allylic oxidation sites excluding steroid dienone is 1. The molecule has 1 fully saturated rings. The SMILES string of the molecule is CC(C)=CCOc1c(C)c(C)c2c(c1C)CCC(C)(COc1cccc(/C=C3\SC(=O)NC3=O)c1)O2. The largest absolute Gasteiger partial charge is 0.489 e. The normalized spacial score (nSPS) is 20.0. The van der Waals surface area contributed by atoms with Gasteiger partial charge in [0.05, 0.1) is 4.91 Å². The average molecular weight is 508 g/mol. The number of ether oxygens (including phenoxy) is 3. The van der Waals surface area contributed by atoms with Crippen molar-refractivity contribution in [2.24, 2.45) is 0 Å². The van der Waals surface area contributed by atoms with E-state index in [0.29, 0.717) is 23.9 Å². The van der Waals surface area contributed by atoms with E-state index in [1.807, 2.05) is 24.3 Å². The summed E-state index contributed by atoms with van der Waals surface area (Å²) in [4.78, 5) is 23.6. The number of hydrogen-bond acceptors (Lipinski definition) is 6. The quantitative estimate of drug-likeness (QED) is 0.343. The molecule has 2 aromatic carbocycles. The van der Waals surface area contributed by atoms with Crippen LogP contribution >= 0.6 is 11.8 Å². The van der Waals surface area contributed by atoms with E-state index < -0.39 is 5.60 Å². The molecule has 7 heteroatoms. The van der Waals surface area contributed by atoms with Crippen LogP contribution in [0.2, 0.25) is 0 Å². The topological polar surface area (TPSA) is 73.9 Å². The van der Waals surface area contributed by atoms with E-state index >= 15 is 0 Å². The molecule has 1 saturated heterocycles. The highest BCUT2D eigenvalue weighted by molar-refractivity contribution is 8.18. The second-order valence-corrected chi connectivity index (χ2v) is 10.9. The minimum absolute atomic E-state index is 0.353. The molecular weight excluding hydrogens is 474 g/mol. The number of benzene rings is 2. The molecule has 0 saturated carbocycles. The van der Waals surface area contributed by atoms with Gasteiger partial charge < -0.3 is 14.2 Å². The number of carbonyl (C=O) groups excluding carboxylic acids is 2. The van der Waals surface area contributed by atoms with Gasteiger partial charge in [0.2, 0.25) is 0 Å². The Hall–Kier alpha value is -3.19. The van der Waals surface area contributed by atoms with Gasteiger partial charge in [-0.25, -0.2) is 0 Å². The van der Waals surface area contributed by atoms with Crippen molar-refractivity contribution >= 4 is 29.0 Å². The molecule has 4 rings (SSSR count). The first kappa shape index (κ1) is 25.9. The molecule has 36 heavy (non-hydrogen) atoms. The average Bonchev–Trinajstić information content (AvgIpc) is 3.15. The Morgan fingerprint density at radius 2 is 1.92 bits per heavy atom. The van der Waals surface area contributed by atoms with Crippen LogP contribution in [0, 0.1) is 20.8 Å². The van der Waals surface area contributed by atoms with Crippen LogP contribution in [0.3, 0.4) is 0 Å². The van der Waals surface area contributed by atoms with Gasteiger partial charge >= 0.3 is 0 Å². The maximum atomic E-state index is 11.8. The number of rotatable bonds is 7. The van der Waals surface area contributed by atoms with E-state index in [0.717, 1.165) is 58.4 Å². The van der Waals surface area contributed by atoms with Crippen LogP contribution in [0.15, 0.2) is 40.8 Å². The molecule has 2 aliphatic heterocycles. The third-order valence-corrected chi connectivity index (χ3v) is 7.44. The summed E-state index contributed by atoms with van der Waals surface area (Å²) >= 11 is 0.902. The van der Waals surface area contributed by atoms with Crippen molar-refractivity contribution in [3.63, 3.8) is 0 Å². The first-order valence-corrected chi connectivity index (χ1v) is 12.9. The molecule has 0 radical (unpaired) electrons. The first-order chi connectivity index (χ1) is 17.1. The summed E-state index contributed by atoms with van der Waals surface area (Å²) in [7, 11) is 0. The highest BCUT2D eigenvalue weighted by atomic mass is 32.2. The Bertz CT molecular complexity index is 1270.